The van der Waals surface area contributed by atoms with Crippen molar-refractivity contribution in [1.82, 2.24) is 4.98 Å². The van der Waals surface area contributed by atoms with Crippen LogP contribution in [0.3, 0.4) is 0 Å². The molecule has 0 radical (unpaired) electrons. The van der Waals surface area contributed by atoms with Gasteiger partial charge in [-0.3, -0.25) is 0 Å². The molecule has 1 aromatic heterocycles. The summed E-state index contributed by atoms with van der Waals surface area (Å²) in [6, 6.07) is 17.1. The Morgan fingerprint density at radius 2 is 1.95 bits per heavy atom. The van der Waals surface area contributed by atoms with Gasteiger partial charge in [0.15, 0.2) is 0 Å². The van der Waals surface area contributed by atoms with Gasteiger partial charge >= 0.3 is 0 Å². The molecule has 0 aliphatic rings. The van der Waals surface area contributed by atoms with Crippen molar-refractivity contribution >= 4 is 33.3 Å². The summed E-state index contributed by atoms with van der Waals surface area (Å²) in [6.07, 6.45) is 1.80. The third-order valence-electron chi connectivity index (χ3n) is 2.98. The Morgan fingerprint density at radius 1 is 1.19 bits per heavy atom. The average Bonchev–Trinajstić information content (AvgIpc) is 2.97. The van der Waals surface area contributed by atoms with Crippen molar-refractivity contribution in [3.05, 3.63) is 76.1 Å². The fraction of sp³-hybridized carbons (Fsp3) is 0. The van der Waals surface area contributed by atoms with Gasteiger partial charge < -0.3 is 0 Å². The molecule has 0 saturated heterocycles. The molecule has 21 heavy (non-hydrogen) atoms. The maximum Gasteiger partial charge on any atom is 0.222 e. The van der Waals surface area contributed by atoms with Crippen LogP contribution in [0.4, 0.5) is 0 Å². The lowest BCUT2D eigenvalue weighted by Gasteiger charge is -1.95. The predicted octanol–water partition coefficient (Wildman–Crippen LogP) is 4.59. The molecule has 0 bridgehead atoms. The molecule has 0 fully saturated rings. The number of thiazole rings is 1. The highest BCUT2D eigenvalue weighted by atomic mass is 32.1. The summed E-state index contributed by atoms with van der Waals surface area (Å²) in [5.41, 5.74) is 2.92. The summed E-state index contributed by atoms with van der Waals surface area (Å²) < 4.78 is 1.07. The number of aromatic nitrogens is 1. The molecular formula is C17H9N3S. The van der Waals surface area contributed by atoms with Crippen molar-refractivity contribution in [2.45, 2.75) is 0 Å². The highest BCUT2D eigenvalue weighted by Gasteiger charge is 2.08. The van der Waals surface area contributed by atoms with Crippen LogP contribution < -0.4 is 0 Å². The second-order valence-electron chi connectivity index (χ2n) is 4.36. The monoisotopic (exact) mass is 287 g/mol. The molecular weight excluding hydrogens is 278 g/mol. The predicted molar refractivity (Wildman–Crippen MR) is 85.3 cm³/mol. The van der Waals surface area contributed by atoms with Gasteiger partial charge in [0.2, 0.25) is 5.70 Å². The summed E-state index contributed by atoms with van der Waals surface area (Å²) in [5.74, 6) is 0. The first-order chi connectivity index (χ1) is 10.3. The summed E-state index contributed by atoms with van der Waals surface area (Å²) in [6.45, 7) is 7.37. The Balaban J connectivity index is 2.02. The summed E-state index contributed by atoms with van der Waals surface area (Å²) in [5, 5.41) is 9.51. The van der Waals surface area contributed by atoms with Gasteiger partial charge in [-0.25, -0.2) is 9.83 Å². The van der Waals surface area contributed by atoms with Gasteiger partial charge in [-0.05, 0) is 35.9 Å². The van der Waals surface area contributed by atoms with Gasteiger partial charge in [-0.15, -0.1) is 11.3 Å². The molecule has 3 aromatic rings. The molecule has 3 rings (SSSR count). The lowest BCUT2D eigenvalue weighted by Crippen LogP contribution is -1.79. The Bertz CT molecular complexity index is 873. The summed E-state index contributed by atoms with van der Waals surface area (Å²) >= 11 is 1.51. The van der Waals surface area contributed by atoms with Crippen LogP contribution in [0.1, 0.15) is 16.1 Å². The van der Waals surface area contributed by atoms with Crippen molar-refractivity contribution in [3.63, 3.8) is 0 Å². The molecule has 0 saturated carbocycles. The number of nitrogens with zero attached hydrogens (tertiary/aromatic N) is 3. The van der Waals surface area contributed by atoms with Crippen LogP contribution in [0.2, 0.25) is 0 Å². The fourth-order valence-electron chi connectivity index (χ4n) is 1.94. The minimum absolute atomic E-state index is 0.515. The van der Waals surface area contributed by atoms with Crippen LogP contribution in [0.15, 0.2) is 48.5 Å². The van der Waals surface area contributed by atoms with E-state index in [1.807, 2.05) is 36.4 Å². The molecule has 0 unspecified atom stereocenters. The van der Waals surface area contributed by atoms with E-state index in [0.717, 1.165) is 20.8 Å². The Kier molecular flexibility index (Phi) is 3.47. The van der Waals surface area contributed by atoms with Gasteiger partial charge in [0.05, 0.1) is 28.4 Å². The molecule has 0 aliphatic heterocycles. The van der Waals surface area contributed by atoms with Crippen molar-refractivity contribution in [2.75, 3.05) is 0 Å². The number of hydrogen-bond acceptors (Lipinski definition) is 3. The van der Waals surface area contributed by atoms with E-state index in [0.29, 0.717) is 11.3 Å². The van der Waals surface area contributed by atoms with Crippen LogP contribution in [0.5, 0.6) is 0 Å². The number of para-hydroxylation sites is 1. The Morgan fingerprint density at radius 3 is 2.62 bits per heavy atom. The fourth-order valence-corrected chi connectivity index (χ4v) is 2.86. The van der Waals surface area contributed by atoms with E-state index in [2.05, 4.69) is 15.9 Å². The number of rotatable bonds is 2. The largest absolute Gasteiger partial charge is 0.248 e. The van der Waals surface area contributed by atoms with Crippen LogP contribution in [0, 0.1) is 17.9 Å². The molecule has 0 atom stereocenters. The SMILES string of the molecule is [C-]#[N+]C(=Cc1ccc(C#N)cc1)c1nc2ccccc2s1. The molecule has 4 heteroatoms. The van der Waals surface area contributed by atoms with E-state index in [1.54, 1.807) is 18.2 Å². The molecule has 98 valence electrons. The Hall–Kier alpha value is -2.95. The van der Waals surface area contributed by atoms with Crippen LogP contribution in [-0.2, 0) is 0 Å². The second-order valence-corrected chi connectivity index (χ2v) is 5.39. The zero-order valence-corrected chi connectivity index (χ0v) is 11.8. The van der Waals surface area contributed by atoms with Gasteiger partial charge in [0, 0.05) is 0 Å². The van der Waals surface area contributed by atoms with E-state index >= 15 is 0 Å². The highest BCUT2D eigenvalue weighted by molar-refractivity contribution is 7.19. The maximum absolute atomic E-state index is 8.79. The molecule has 1 heterocycles. The smallest absolute Gasteiger partial charge is 0.222 e. The molecule has 0 aliphatic carbocycles. The first-order valence-corrected chi connectivity index (χ1v) is 7.07. The number of hydrogen-bond donors (Lipinski definition) is 0. The molecule has 0 N–H and O–H groups in total. The van der Waals surface area contributed by atoms with Gasteiger partial charge in [-0.2, -0.15) is 5.26 Å². The minimum Gasteiger partial charge on any atom is -0.248 e. The number of fused-ring (bicyclic) bond motifs is 1. The van der Waals surface area contributed by atoms with Crippen molar-refractivity contribution in [2.24, 2.45) is 0 Å². The minimum atomic E-state index is 0.515. The number of benzene rings is 2. The van der Waals surface area contributed by atoms with Gasteiger partial charge in [-0.1, -0.05) is 24.3 Å². The van der Waals surface area contributed by atoms with Crippen LogP contribution >= 0.6 is 11.3 Å². The first kappa shape index (κ1) is 13.1. The van der Waals surface area contributed by atoms with Crippen molar-refractivity contribution in [1.29, 1.82) is 5.26 Å². The van der Waals surface area contributed by atoms with Crippen LogP contribution in [0.25, 0.3) is 26.8 Å². The lowest BCUT2D eigenvalue weighted by atomic mass is 10.1. The zero-order valence-electron chi connectivity index (χ0n) is 10.9. The van der Waals surface area contributed by atoms with E-state index in [1.165, 1.54) is 11.3 Å². The topological polar surface area (TPSA) is 41.0 Å². The van der Waals surface area contributed by atoms with Gasteiger partial charge in [0.25, 0.3) is 0 Å². The third kappa shape index (κ3) is 2.67. The Labute approximate surface area is 126 Å². The summed E-state index contributed by atoms with van der Waals surface area (Å²) in [7, 11) is 0. The molecule has 2 aromatic carbocycles. The van der Waals surface area contributed by atoms with E-state index in [9.17, 15) is 0 Å². The zero-order chi connectivity index (χ0) is 14.7. The molecule has 0 spiro atoms. The maximum atomic E-state index is 8.79. The second kappa shape index (κ2) is 5.58. The molecule has 3 nitrogen and oxygen atoms in total. The third-order valence-corrected chi connectivity index (χ3v) is 4.04. The van der Waals surface area contributed by atoms with Crippen molar-refractivity contribution in [3.8, 4) is 6.07 Å². The first-order valence-electron chi connectivity index (χ1n) is 6.25. The normalized spacial score (nSPS) is 11.0. The van der Waals surface area contributed by atoms with Crippen molar-refractivity contribution < 1.29 is 0 Å². The van der Waals surface area contributed by atoms with E-state index < -0.39 is 0 Å². The number of nitriles is 1. The van der Waals surface area contributed by atoms with Crippen LogP contribution in [-0.4, -0.2) is 4.98 Å². The lowest BCUT2D eigenvalue weighted by molar-refractivity contribution is 1.44. The van der Waals surface area contributed by atoms with E-state index in [-0.39, 0.29) is 0 Å². The quantitative estimate of drug-likeness (QED) is 0.647. The van der Waals surface area contributed by atoms with Gasteiger partial charge in [0.1, 0.15) is 5.01 Å². The standard InChI is InChI=1S/C17H9N3S/c1-19-15(10-12-6-8-13(11-18)9-7-12)17-20-14-4-2-3-5-16(14)21-17/h2-10H. The molecule has 0 amide bonds. The summed E-state index contributed by atoms with van der Waals surface area (Å²) in [4.78, 5) is 8.08. The highest BCUT2D eigenvalue weighted by Crippen LogP contribution is 2.29. The average molecular weight is 287 g/mol. The van der Waals surface area contributed by atoms with E-state index in [4.69, 9.17) is 11.8 Å².